The molecule has 1 aromatic carbocycles. The number of aromatic amines is 1. The quantitative estimate of drug-likeness (QED) is 0.805. The van der Waals surface area contributed by atoms with Crippen LogP contribution in [0.4, 0.5) is 0 Å². The third-order valence-corrected chi connectivity index (χ3v) is 4.26. The lowest BCUT2D eigenvalue weighted by Gasteiger charge is -2.25. The highest BCUT2D eigenvalue weighted by Crippen LogP contribution is 2.39. The molecule has 0 saturated carbocycles. The lowest BCUT2D eigenvalue weighted by molar-refractivity contribution is -0.139. The van der Waals surface area contributed by atoms with Crippen LogP contribution in [-0.2, 0) is 16.0 Å². The number of aromatic nitrogens is 1. The molecule has 3 heterocycles. The second kappa shape index (κ2) is 3.82. The Morgan fingerprint density at radius 3 is 2.85 bits per heavy atom. The summed E-state index contributed by atoms with van der Waals surface area (Å²) in [5, 5.41) is 1.19. The zero-order valence-electron chi connectivity index (χ0n) is 11.2. The maximum atomic E-state index is 12.1. The van der Waals surface area contributed by atoms with Gasteiger partial charge in [-0.15, -0.1) is 0 Å². The van der Waals surface area contributed by atoms with Gasteiger partial charge in [-0.05, 0) is 24.5 Å². The fourth-order valence-electron chi connectivity index (χ4n) is 3.34. The fourth-order valence-corrected chi connectivity index (χ4v) is 3.34. The lowest BCUT2D eigenvalue weighted by Crippen LogP contribution is -2.33. The van der Waals surface area contributed by atoms with Crippen LogP contribution < -0.4 is 0 Å². The third-order valence-electron chi connectivity index (χ3n) is 4.26. The zero-order chi connectivity index (χ0) is 13.9. The lowest BCUT2D eigenvalue weighted by atomic mass is 9.99. The summed E-state index contributed by atoms with van der Waals surface area (Å²) in [7, 11) is 0. The molecule has 0 fully saturated rings. The predicted molar refractivity (Wildman–Crippen MR) is 75.9 cm³/mol. The number of hydrogen-bond acceptors (Lipinski definition) is 2. The number of hydrogen-bond donors (Lipinski definition) is 1. The Hall–Kier alpha value is -2.36. The number of fused-ring (bicyclic) bond motifs is 5. The van der Waals surface area contributed by atoms with E-state index < -0.39 is 0 Å². The molecule has 4 rings (SSSR count). The van der Waals surface area contributed by atoms with Gasteiger partial charge in [0.15, 0.2) is 0 Å². The molecule has 1 N–H and O–H groups in total. The second-order valence-electron chi connectivity index (χ2n) is 5.24. The van der Waals surface area contributed by atoms with E-state index in [9.17, 15) is 9.59 Å². The predicted octanol–water partition coefficient (Wildman–Crippen LogP) is 2.26. The zero-order valence-corrected chi connectivity index (χ0v) is 11.2. The highest BCUT2D eigenvalue weighted by atomic mass is 16.2. The van der Waals surface area contributed by atoms with Crippen LogP contribution in [0.2, 0.25) is 0 Å². The van der Waals surface area contributed by atoms with Crippen molar-refractivity contribution in [1.82, 2.24) is 9.88 Å². The molecule has 4 heteroatoms. The number of benzene rings is 1. The molecule has 20 heavy (non-hydrogen) atoms. The molecular formula is C16H14N2O2. The molecule has 2 aliphatic rings. The molecule has 4 nitrogen and oxygen atoms in total. The molecule has 2 aromatic rings. The van der Waals surface area contributed by atoms with Gasteiger partial charge in [-0.1, -0.05) is 25.1 Å². The van der Waals surface area contributed by atoms with Crippen molar-refractivity contribution in [2.24, 2.45) is 0 Å². The van der Waals surface area contributed by atoms with Crippen LogP contribution in [0.3, 0.4) is 0 Å². The first-order chi connectivity index (χ1) is 9.72. The molecule has 1 aromatic heterocycles. The summed E-state index contributed by atoms with van der Waals surface area (Å²) >= 11 is 0. The summed E-state index contributed by atoms with van der Waals surface area (Å²) in [4.78, 5) is 29.1. The summed E-state index contributed by atoms with van der Waals surface area (Å²) in [5.74, 6) is -0.713. The molecule has 2 aliphatic heterocycles. The topological polar surface area (TPSA) is 53.2 Å². The average Bonchev–Trinajstić information content (AvgIpc) is 2.96. The number of nitrogens with one attached hydrogen (secondary N) is 1. The van der Waals surface area contributed by atoms with Crippen molar-refractivity contribution in [2.45, 2.75) is 19.8 Å². The van der Waals surface area contributed by atoms with Crippen LogP contribution in [0.5, 0.6) is 0 Å². The van der Waals surface area contributed by atoms with Crippen molar-refractivity contribution in [3.8, 4) is 0 Å². The van der Waals surface area contributed by atoms with Crippen molar-refractivity contribution in [1.29, 1.82) is 0 Å². The Bertz CT molecular complexity index is 798. The number of para-hydroxylation sites is 1. The number of Topliss-reactive ketones (excluding diaryl/α,β-unsaturated/α-hetero) is 1. The number of carbonyl (C=O) groups excluding carboxylic acids is 2. The number of rotatable bonds is 1. The molecule has 100 valence electrons. The number of ketones is 1. The van der Waals surface area contributed by atoms with Crippen molar-refractivity contribution in [3.63, 3.8) is 0 Å². The van der Waals surface area contributed by atoms with Gasteiger partial charge in [0.2, 0.25) is 5.78 Å². The number of H-pyrrole nitrogens is 1. The van der Waals surface area contributed by atoms with Gasteiger partial charge in [0.05, 0.1) is 11.4 Å². The van der Waals surface area contributed by atoms with Crippen LogP contribution in [0.25, 0.3) is 16.6 Å². The molecule has 1 amide bonds. The maximum absolute atomic E-state index is 12.1. The molecule has 0 saturated heterocycles. The summed E-state index contributed by atoms with van der Waals surface area (Å²) in [6, 6.07) is 8.12. The molecule has 0 aliphatic carbocycles. The molecule has 0 bridgehead atoms. The number of amides is 1. The van der Waals surface area contributed by atoms with E-state index in [1.54, 1.807) is 4.90 Å². The van der Waals surface area contributed by atoms with Gasteiger partial charge in [-0.2, -0.15) is 0 Å². The molecule has 0 spiro atoms. The Morgan fingerprint density at radius 2 is 2.05 bits per heavy atom. The molecule has 0 atom stereocenters. The van der Waals surface area contributed by atoms with Crippen LogP contribution >= 0.6 is 0 Å². The minimum absolute atomic E-state index is 0.339. The Morgan fingerprint density at radius 1 is 1.25 bits per heavy atom. The van der Waals surface area contributed by atoms with Crippen molar-refractivity contribution < 1.29 is 9.59 Å². The van der Waals surface area contributed by atoms with E-state index >= 15 is 0 Å². The van der Waals surface area contributed by atoms with E-state index in [0.717, 1.165) is 23.3 Å². The first-order valence-electron chi connectivity index (χ1n) is 6.91. The highest BCUT2D eigenvalue weighted by molar-refractivity contribution is 6.48. The van der Waals surface area contributed by atoms with Crippen LogP contribution in [-0.4, -0.2) is 28.1 Å². The number of carbonyl (C=O) groups is 2. The summed E-state index contributed by atoms with van der Waals surface area (Å²) < 4.78 is 0. The third kappa shape index (κ3) is 1.26. The monoisotopic (exact) mass is 266 g/mol. The van der Waals surface area contributed by atoms with Gasteiger partial charge in [-0.25, -0.2) is 0 Å². The van der Waals surface area contributed by atoms with E-state index in [4.69, 9.17) is 0 Å². The van der Waals surface area contributed by atoms with Gasteiger partial charge in [0, 0.05) is 23.0 Å². The van der Waals surface area contributed by atoms with E-state index in [1.807, 2.05) is 25.1 Å². The highest BCUT2D eigenvalue weighted by Gasteiger charge is 2.41. The maximum Gasteiger partial charge on any atom is 0.299 e. The van der Waals surface area contributed by atoms with Crippen molar-refractivity contribution >= 4 is 28.3 Å². The molecular weight excluding hydrogens is 252 g/mol. The first-order valence-corrected chi connectivity index (χ1v) is 6.91. The van der Waals surface area contributed by atoms with Crippen molar-refractivity contribution in [3.05, 3.63) is 41.1 Å². The molecule has 0 radical (unpaired) electrons. The van der Waals surface area contributed by atoms with Crippen LogP contribution in [0, 0.1) is 0 Å². The summed E-state index contributed by atoms with van der Waals surface area (Å²) in [5.41, 5.74) is 4.69. The smallest absolute Gasteiger partial charge is 0.299 e. The largest absolute Gasteiger partial charge is 0.353 e. The Labute approximate surface area is 116 Å². The normalized spacial score (nSPS) is 17.9. The van der Waals surface area contributed by atoms with Gasteiger partial charge in [0.25, 0.3) is 5.91 Å². The fraction of sp³-hybridized carbons (Fsp3) is 0.250. The minimum Gasteiger partial charge on any atom is -0.353 e. The van der Waals surface area contributed by atoms with E-state index in [0.29, 0.717) is 18.5 Å². The van der Waals surface area contributed by atoms with Gasteiger partial charge < -0.3 is 9.88 Å². The van der Waals surface area contributed by atoms with Crippen LogP contribution in [0.1, 0.15) is 24.6 Å². The first kappa shape index (κ1) is 11.5. The van der Waals surface area contributed by atoms with Crippen LogP contribution in [0.15, 0.2) is 29.8 Å². The second-order valence-corrected chi connectivity index (χ2v) is 5.24. The van der Waals surface area contributed by atoms with E-state index in [1.165, 1.54) is 10.9 Å². The summed E-state index contributed by atoms with van der Waals surface area (Å²) in [6.07, 6.45) is 1.38. The van der Waals surface area contributed by atoms with Crippen molar-refractivity contribution in [2.75, 3.05) is 6.54 Å². The SMILES string of the molecule is CCC1=C2c3[nH]c4ccccc4c3CCN2C(=O)C1=O. The summed E-state index contributed by atoms with van der Waals surface area (Å²) in [6.45, 7) is 2.52. The van der Waals surface area contributed by atoms with E-state index in [2.05, 4.69) is 11.1 Å². The minimum atomic E-state index is -0.374. The van der Waals surface area contributed by atoms with Gasteiger partial charge in [0.1, 0.15) is 0 Å². The standard InChI is InChI=1S/C16H14N2O2/c1-2-9-14-13-11(7-8-18(14)16(20)15(9)19)10-5-3-4-6-12(10)17-13/h3-6,17H,2,7-8H2,1H3. The molecule has 0 unspecified atom stereocenters. The number of nitrogens with zero attached hydrogens (tertiary/aromatic N) is 1. The van der Waals surface area contributed by atoms with Gasteiger partial charge in [-0.3, -0.25) is 9.59 Å². The Balaban J connectivity index is 2.05. The Kier molecular flexibility index (Phi) is 2.19. The van der Waals surface area contributed by atoms with Gasteiger partial charge >= 0.3 is 0 Å². The van der Waals surface area contributed by atoms with E-state index in [-0.39, 0.29) is 11.7 Å². The average molecular weight is 266 g/mol.